The molecule has 2 aromatic carbocycles. The summed E-state index contributed by atoms with van der Waals surface area (Å²) in [5.74, 6) is 0.0441. The lowest BCUT2D eigenvalue weighted by Gasteiger charge is -2.29. The van der Waals surface area contributed by atoms with E-state index in [1.165, 1.54) is 0 Å². The fraction of sp³-hybridized carbons (Fsp3) is 0.167. The average Bonchev–Trinajstić information content (AvgIpc) is 2.49. The minimum absolute atomic E-state index is 0.0441. The Kier molecular flexibility index (Phi) is 4.72. The minimum Gasteiger partial charge on any atom is -0.328 e. The second-order valence-electron chi connectivity index (χ2n) is 4.72. The molecule has 2 aromatic rings. The Hall–Kier alpha value is -2.35. The normalized spacial score (nSPS) is 11.7. The van der Waals surface area contributed by atoms with Crippen molar-refractivity contribution in [3.63, 3.8) is 0 Å². The van der Waals surface area contributed by atoms with Gasteiger partial charge in [0.05, 0.1) is 6.04 Å². The van der Waals surface area contributed by atoms with Crippen molar-refractivity contribution >= 4 is 5.91 Å². The van der Waals surface area contributed by atoms with Crippen LogP contribution in [-0.2, 0) is 11.3 Å². The van der Waals surface area contributed by atoms with Gasteiger partial charge < -0.3 is 4.90 Å². The molecule has 0 aliphatic carbocycles. The quantitative estimate of drug-likeness (QED) is 0.749. The maximum Gasteiger partial charge on any atom is 0.220 e. The molecule has 0 spiro atoms. The first-order valence-corrected chi connectivity index (χ1v) is 6.71. The van der Waals surface area contributed by atoms with E-state index in [0.29, 0.717) is 6.54 Å². The lowest BCUT2D eigenvalue weighted by Crippen LogP contribution is -2.31. The third kappa shape index (κ3) is 3.35. The number of benzene rings is 2. The molecule has 0 N–H and O–H groups in total. The van der Waals surface area contributed by atoms with Gasteiger partial charge in [0.15, 0.2) is 0 Å². The highest BCUT2D eigenvalue weighted by molar-refractivity contribution is 5.74. The van der Waals surface area contributed by atoms with Gasteiger partial charge in [-0.05, 0) is 11.1 Å². The van der Waals surface area contributed by atoms with Gasteiger partial charge in [-0.2, -0.15) is 0 Å². The Morgan fingerprint density at radius 2 is 1.65 bits per heavy atom. The third-order valence-corrected chi connectivity index (χ3v) is 3.30. The number of rotatable bonds is 5. The maximum absolute atomic E-state index is 12.0. The molecule has 20 heavy (non-hydrogen) atoms. The van der Waals surface area contributed by atoms with Gasteiger partial charge in [-0.25, -0.2) is 0 Å². The summed E-state index contributed by atoms with van der Waals surface area (Å²) in [6.45, 7) is 6.07. The summed E-state index contributed by atoms with van der Waals surface area (Å²) in [6, 6.07) is 19.9. The van der Waals surface area contributed by atoms with E-state index >= 15 is 0 Å². The standard InChI is InChI=1S/C18H19NO/c1-3-18(17-12-8-5-9-13-17)19(15(2)20)14-16-10-6-4-7-11-16/h3-13,18H,1,14H2,2H3. The Labute approximate surface area is 120 Å². The van der Waals surface area contributed by atoms with Crippen LogP contribution in [0.4, 0.5) is 0 Å². The molecule has 0 aliphatic rings. The highest BCUT2D eigenvalue weighted by Crippen LogP contribution is 2.23. The third-order valence-electron chi connectivity index (χ3n) is 3.30. The Balaban J connectivity index is 2.27. The molecule has 2 nitrogen and oxygen atoms in total. The summed E-state index contributed by atoms with van der Waals surface area (Å²) in [7, 11) is 0. The SMILES string of the molecule is C=CC(c1ccccc1)N(Cc1ccccc1)C(C)=O. The topological polar surface area (TPSA) is 20.3 Å². The molecule has 1 amide bonds. The van der Waals surface area contributed by atoms with Crippen molar-refractivity contribution in [3.05, 3.63) is 84.4 Å². The van der Waals surface area contributed by atoms with E-state index < -0.39 is 0 Å². The van der Waals surface area contributed by atoms with Gasteiger partial charge in [-0.1, -0.05) is 66.7 Å². The second-order valence-corrected chi connectivity index (χ2v) is 4.72. The van der Waals surface area contributed by atoms with Crippen LogP contribution in [0.25, 0.3) is 0 Å². The first-order chi connectivity index (χ1) is 9.72. The molecule has 102 valence electrons. The minimum atomic E-state index is -0.103. The van der Waals surface area contributed by atoms with Gasteiger partial charge in [0.25, 0.3) is 0 Å². The van der Waals surface area contributed by atoms with Crippen LogP contribution in [-0.4, -0.2) is 10.8 Å². The molecule has 1 unspecified atom stereocenters. The van der Waals surface area contributed by atoms with Gasteiger partial charge in [0, 0.05) is 13.5 Å². The molecule has 0 saturated heterocycles. The molecule has 0 fully saturated rings. The molecular weight excluding hydrogens is 246 g/mol. The second kappa shape index (κ2) is 6.71. The summed E-state index contributed by atoms with van der Waals surface area (Å²) in [4.78, 5) is 13.8. The molecule has 0 aliphatic heterocycles. The van der Waals surface area contributed by atoms with Crippen molar-refractivity contribution in [1.82, 2.24) is 4.90 Å². The van der Waals surface area contributed by atoms with Crippen LogP contribution < -0.4 is 0 Å². The van der Waals surface area contributed by atoms with Crippen molar-refractivity contribution in [2.45, 2.75) is 19.5 Å². The number of hydrogen-bond donors (Lipinski definition) is 0. The number of nitrogens with zero attached hydrogens (tertiary/aromatic N) is 1. The molecule has 0 bridgehead atoms. The fourth-order valence-electron chi connectivity index (χ4n) is 2.28. The van der Waals surface area contributed by atoms with Crippen LogP contribution in [0.3, 0.4) is 0 Å². The van der Waals surface area contributed by atoms with Crippen LogP contribution in [0, 0.1) is 0 Å². The van der Waals surface area contributed by atoms with Gasteiger partial charge in [0.2, 0.25) is 5.91 Å². The Bertz CT molecular complexity index is 562. The van der Waals surface area contributed by atoms with E-state index in [1.54, 1.807) is 6.92 Å². The zero-order valence-electron chi connectivity index (χ0n) is 11.7. The van der Waals surface area contributed by atoms with Gasteiger partial charge >= 0.3 is 0 Å². The predicted molar refractivity (Wildman–Crippen MR) is 82.0 cm³/mol. The molecule has 0 heterocycles. The monoisotopic (exact) mass is 265 g/mol. The first kappa shape index (κ1) is 14.1. The van der Waals surface area contributed by atoms with Gasteiger partial charge in [-0.3, -0.25) is 4.79 Å². The molecule has 0 aromatic heterocycles. The molecule has 2 heteroatoms. The number of amides is 1. The Morgan fingerprint density at radius 1 is 1.10 bits per heavy atom. The summed E-state index contributed by atoms with van der Waals surface area (Å²) in [5.41, 5.74) is 2.19. The Morgan fingerprint density at radius 3 is 2.15 bits per heavy atom. The summed E-state index contributed by atoms with van der Waals surface area (Å²) >= 11 is 0. The average molecular weight is 265 g/mol. The largest absolute Gasteiger partial charge is 0.328 e. The van der Waals surface area contributed by atoms with Gasteiger partial charge in [-0.15, -0.1) is 6.58 Å². The molecule has 1 atom stereocenters. The van der Waals surface area contributed by atoms with Crippen LogP contribution in [0.5, 0.6) is 0 Å². The van der Waals surface area contributed by atoms with Crippen molar-refractivity contribution in [1.29, 1.82) is 0 Å². The number of hydrogen-bond acceptors (Lipinski definition) is 1. The summed E-state index contributed by atoms with van der Waals surface area (Å²) in [5, 5.41) is 0. The van der Waals surface area contributed by atoms with Crippen LogP contribution in [0.2, 0.25) is 0 Å². The molecular formula is C18H19NO. The van der Waals surface area contributed by atoms with E-state index in [9.17, 15) is 4.79 Å². The zero-order valence-corrected chi connectivity index (χ0v) is 11.7. The summed E-state index contributed by atoms with van der Waals surface area (Å²) < 4.78 is 0. The molecule has 2 rings (SSSR count). The highest BCUT2D eigenvalue weighted by atomic mass is 16.2. The van der Waals surface area contributed by atoms with Crippen molar-refractivity contribution in [2.75, 3.05) is 0 Å². The smallest absolute Gasteiger partial charge is 0.220 e. The van der Waals surface area contributed by atoms with E-state index in [4.69, 9.17) is 0 Å². The van der Waals surface area contributed by atoms with Crippen molar-refractivity contribution in [3.8, 4) is 0 Å². The van der Waals surface area contributed by atoms with Crippen molar-refractivity contribution < 1.29 is 4.79 Å². The number of carbonyl (C=O) groups is 1. The lowest BCUT2D eigenvalue weighted by atomic mass is 10.0. The van der Waals surface area contributed by atoms with Gasteiger partial charge in [0.1, 0.15) is 0 Å². The summed E-state index contributed by atoms with van der Waals surface area (Å²) in [6.07, 6.45) is 1.82. The zero-order chi connectivity index (χ0) is 14.4. The number of carbonyl (C=O) groups excluding carboxylic acids is 1. The maximum atomic E-state index is 12.0. The first-order valence-electron chi connectivity index (χ1n) is 6.71. The highest BCUT2D eigenvalue weighted by Gasteiger charge is 2.19. The fourth-order valence-corrected chi connectivity index (χ4v) is 2.28. The van der Waals surface area contributed by atoms with E-state index in [2.05, 4.69) is 6.58 Å². The molecule has 0 radical (unpaired) electrons. The predicted octanol–water partition coefficient (Wildman–Crippen LogP) is 3.96. The van der Waals surface area contributed by atoms with Crippen LogP contribution in [0.1, 0.15) is 24.1 Å². The lowest BCUT2D eigenvalue weighted by molar-refractivity contribution is -0.131. The van der Waals surface area contributed by atoms with Crippen LogP contribution in [0.15, 0.2) is 73.3 Å². The van der Waals surface area contributed by atoms with E-state index in [0.717, 1.165) is 11.1 Å². The molecule has 0 saturated carbocycles. The van der Waals surface area contributed by atoms with Crippen LogP contribution >= 0.6 is 0 Å². The van der Waals surface area contributed by atoms with Crippen molar-refractivity contribution in [2.24, 2.45) is 0 Å². The van der Waals surface area contributed by atoms with E-state index in [-0.39, 0.29) is 11.9 Å². The van der Waals surface area contributed by atoms with E-state index in [1.807, 2.05) is 71.6 Å².